The lowest BCUT2D eigenvalue weighted by Crippen LogP contribution is -2.57. The van der Waals surface area contributed by atoms with Gasteiger partial charge in [0, 0.05) is 26.2 Å². The molecular formula is C9H17N3O2. The maximum atomic E-state index is 11.9. The largest absolute Gasteiger partial charge is 0.345 e. The van der Waals surface area contributed by atoms with Crippen molar-refractivity contribution >= 4 is 12.3 Å². The number of amides is 2. The molecule has 0 unspecified atom stereocenters. The monoisotopic (exact) mass is 199 g/mol. The summed E-state index contributed by atoms with van der Waals surface area (Å²) in [6, 6.07) is 0. The van der Waals surface area contributed by atoms with Gasteiger partial charge in [-0.25, -0.2) is 0 Å². The van der Waals surface area contributed by atoms with Gasteiger partial charge in [0.05, 0.1) is 0 Å². The quantitative estimate of drug-likeness (QED) is 0.570. The normalized spacial score (nSPS) is 17.7. The van der Waals surface area contributed by atoms with Gasteiger partial charge in [0.15, 0.2) is 0 Å². The second-order valence-corrected chi connectivity index (χ2v) is 3.93. The third-order valence-corrected chi connectivity index (χ3v) is 2.36. The number of hydrogen-bond acceptors (Lipinski definition) is 3. The topological polar surface area (TPSA) is 61.4 Å². The fourth-order valence-electron chi connectivity index (χ4n) is 1.47. The van der Waals surface area contributed by atoms with Crippen molar-refractivity contribution in [3.8, 4) is 0 Å². The number of hydrogen-bond donors (Lipinski definition) is 2. The van der Waals surface area contributed by atoms with E-state index < -0.39 is 5.54 Å². The summed E-state index contributed by atoms with van der Waals surface area (Å²) in [5.41, 5.74) is -0.793. The second kappa shape index (κ2) is 4.41. The van der Waals surface area contributed by atoms with Gasteiger partial charge in [0.1, 0.15) is 5.54 Å². The first-order valence-electron chi connectivity index (χ1n) is 4.79. The third-order valence-electron chi connectivity index (χ3n) is 2.36. The summed E-state index contributed by atoms with van der Waals surface area (Å²) in [4.78, 5) is 24.0. The van der Waals surface area contributed by atoms with Gasteiger partial charge in [-0.05, 0) is 13.8 Å². The van der Waals surface area contributed by atoms with Gasteiger partial charge in [0.2, 0.25) is 12.3 Å². The van der Waals surface area contributed by atoms with E-state index in [1.165, 1.54) is 0 Å². The van der Waals surface area contributed by atoms with Crippen LogP contribution in [0, 0.1) is 0 Å². The van der Waals surface area contributed by atoms with Gasteiger partial charge in [-0.15, -0.1) is 0 Å². The Hall–Kier alpha value is -1.10. The molecule has 0 aromatic rings. The van der Waals surface area contributed by atoms with E-state index in [0.717, 1.165) is 13.1 Å². The van der Waals surface area contributed by atoms with E-state index in [1.807, 2.05) is 0 Å². The summed E-state index contributed by atoms with van der Waals surface area (Å²) >= 11 is 0. The molecule has 5 heteroatoms. The zero-order valence-corrected chi connectivity index (χ0v) is 8.67. The van der Waals surface area contributed by atoms with Crippen LogP contribution in [-0.4, -0.2) is 48.9 Å². The predicted molar refractivity (Wildman–Crippen MR) is 52.7 cm³/mol. The Morgan fingerprint density at radius 2 is 2.00 bits per heavy atom. The van der Waals surface area contributed by atoms with Crippen molar-refractivity contribution in [2.75, 3.05) is 26.2 Å². The first-order valence-corrected chi connectivity index (χ1v) is 4.79. The molecule has 80 valence electrons. The number of nitrogens with zero attached hydrogens (tertiary/aromatic N) is 1. The van der Waals surface area contributed by atoms with Crippen molar-refractivity contribution in [2.24, 2.45) is 0 Å². The van der Waals surface area contributed by atoms with Crippen LogP contribution in [0.2, 0.25) is 0 Å². The van der Waals surface area contributed by atoms with Crippen LogP contribution in [0.5, 0.6) is 0 Å². The Morgan fingerprint density at radius 3 is 2.50 bits per heavy atom. The summed E-state index contributed by atoms with van der Waals surface area (Å²) in [5.74, 6) is -0.0221. The van der Waals surface area contributed by atoms with Crippen molar-refractivity contribution in [2.45, 2.75) is 19.4 Å². The zero-order valence-electron chi connectivity index (χ0n) is 8.67. The van der Waals surface area contributed by atoms with E-state index in [9.17, 15) is 9.59 Å². The summed E-state index contributed by atoms with van der Waals surface area (Å²) < 4.78 is 0. The fraction of sp³-hybridized carbons (Fsp3) is 0.778. The molecule has 0 bridgehead atoms. The molecule has 14 heavy (non-hydrogen) atoms. The van der Waals surface area contributed by atoms with Crippen molar-refractivity contribution < 1.29 is 9.59 Å². The van der Waals surface area contributed by atoms with E-state index in [-0.39, 0.29) is 5.91 Å². The Morgan fingerprint density at radius 1 is 1.43 bits per heavy atom. The van der Waals surface area contributed by atoms with Crippen LogP contribution in [-0.2, 0) is 9.59 Å². The highest BCUT2D eigenvalue weighted by molar-refractivity contribution is 5.87. The Bertz CT molecular complexity index is 222. The molecule has 1 aliphatic rings. The third kappa shape index (κ3) is 2.45. The molecule has 2 amide bonds. The number of rotatable bonds is 3. The Kier molecular flexibility index (Phi) is 3.46. The Balaban J connectivity index is 2.57. The van der Waals surface area contributed by atoms with Crippen LogP contribution in [0.3, 0.4) is 0 Å². The van der Waals surface area contributed by atoms with Gasteiger partial charge >= 0.3 is 0 Å². The predicted octanol–water partition coefficient (Wildman–Crippen LogP) is -1.06. The lowest BCUT2D eigenvalue weighted by Gasteiger charge is -2.34. The summed E-state index contributed by atoms with van der Waals surface area (Å²) in [6.07, 6.45) is 0.570. The Labute approximate surface area is 83.8 Å². The van der Waals surface area contributed by atoms with E-state index in [4.69, 9.17) is 0 Å². The SMILES string of the molecule is CC(C)(NC=O)C(=O)N1CCNCC1. The van der Waals surface area contributed by atoms with Gasteiger partial charge in [-0.1, -0.05) is 0 Å². The molecule has 5 nitrogen and oxygen atoms in total. The minimum atomic E-state index is -0.793. The number of carbonyl (C=O) groups excluding carboxylic acids is 2. The van der Waals surface area contributed by atoms with Gasteiger partial charge < -0.3 is 15.5 Å². The molecule has 0 atom stereocenters. The van der Waals surface area contributed by atoms with E-state index in [1.54, 1.807) is 18.7 Å². The van der Waals surface area contributed by atoms with Crippen LogP contribution in [0.1, 0.15) is 13.8 Å². The molecule has 0 aromatic heterocycles. The molecule has 1 heterocycles. The summed E-state index contributed by atoms with van der Waals surface area (Å²) in [5, 5.41) is 5.70. The molecule has 0 saturated carbocycles. The van der Waals surface area contributed by atoms with Crippen LogP contribution in [0.4, 0.5) is 0 Å². The second-order valence-electron chi connectivity index (χ2n) is 3.93. The van der Waals surface area contributed by atoms with Crippen LogP contribution in [0.15, 0.2) is 0 Å². The molecule has 2 N–H and O–H groups in total. The van der Waals surface area contributed by atoms with E-state index in [0.29, 0.717) is 19.5 Å². The highest BCUT2D eigenvalue weighted by Gasteiger charge is 2.31. The number of piperazine rings is 1. The lowest BCUT2D eigenvalue weighted by atomic mass is 10.0. The van der Waals surface area contributed by atoms with E-state index >= 15 is 0 Å². The maximum absolute atomic E-state index is 11.9. The minimum absolute atomic E-state index is 0.0221. The summed E-state index contributed by atoms with van der Waals surface area (Å²) in [6.45, 7) is 6.49. The average molecular weight is 199 g/mol. The van der Waals surface area contributed by atoms with Crippen LogP contribution >= 0.6 is 0 Å². The molecule has 0 aliphatic carbocycles. The van der Waals surface area contributed by atoms with Crippen molar-refractivity contribution in [1.29, 1.82) is 0 Å². The van der Waals surface area contributed by atoms with Crippen molar-refractivity contribution in [3.05, 3.63) is 0 Å². The minimum Gasteiger partial charge on any atom is -0.345 e. The smallest absolute Gasteiger partial charge is 0.247 e. The van der Waals surface area contributed by atoms with Gasteiger partial charge in [0.25, 0.3) is 0 Å². The number of nitrogens with one attached hydrogen (secondary N) is 2. The molecule has 1 saturated heterocycles. The maximum Gasteiger partial charge on any atom is 0.247 e. The number of carbonyl (C=O) groups is 2. The van der Waals surface area contributed by atoms with Gasteiger partial charge in [-0.3, -0.25) is 9.59 Å². The molecular weight excluding hydrogens is 182 g/mol. The molecule has 0 radical (unpaired) electrons. The fourth-order valence-corrected chi connectivity index (χ4v) is 1.47. The molecule has 1 aliphatic heterocycles. The first-order chi connectivity index (χ1) is 6.58. The molecule has 1 fully saturated rings. The molecule has 1 rings (SSSR count). The molecule has 0 spiro atoms. The zero-order chi connectivity index (χ0) is 10.6. The van der Waals surface area contributed by atoms with Crippen LogP contribution < -0.4 is 10.6 Å². The lowest BCUT2D eigenvalue weighted by molar-refractivity contribution is -0.139. The van der Waals surface area contributed by atoms with Gasteiger partial charge in [-0.2, -0.15) is 0 Å². The van der Waals surface area contributed by atoms with Crippen molar-refractivity contribution in [3.63, 3.8) is 0 Å². The average Bonchev–Trinajstić information content (AvgIpc) is 2.18. The van der Waals surface area contributed by atoms with Crippen LogP contribution in [0.25, 0.3) is 0 Å². The first kappa shape index (κ1) is 11.0. The highest BCUT2D eigenvalue weighted by Crippen LogP contribution is 2.07. The summed E-state index contributed by atoms with van der Waals surface area (Å²) in [7, 11) is 0. The highest BCUT2D eigenvalue weighted by atomic mass is 16.2. The standard InChI is InChI=1S/C9H17N3O2/c1-9(2,11-7-13)8(14)12-5-3-10-4-6-12/h7,10H,3-6H2,1-2H3,(H,11,13). The van der Waals surface area contributed by atoms with E-state index in [2.05, 4.69) is 10.6 Å². The van der Waals surface area contributed by atoms with Crippen molar-refractivity contribution in [1.82, 2.24) is 15.5 Å². The molecule has 0 aromatic carbocycles.